The Bertz CT molecular complexity index is 1360. The Balaban J connectivity index is 1.35. The standard InChI is InChI=1S/C31H33NO4/c1-31(2,3)35-30(33)36-32-17-16-28(27-15-14-24-9-5-7-11-26(24)19-27)29(20-32)34-21-22-12-13-23-8-4-6-10-25(23)18-22/h4-15,18-19,28-29H,16-17,20-21H2,1-3H3. The van der Waals surface area contributed by atoms with Gasteiger partial charge in [0.15, 0.2) is 0 Å². The Morgan fingerprint density at radius 3 is 2.19 bits per heavy atom. The first kappa shape index (κ1) is 24.3. The van der Waals surface area contributed by atoms with Crippen LogP contribution in [-0.4, -0.2) is 36.0 Å². The SMILES string of the molecule is CC(C)(C)OC(=O)ON1CCC(c2ccc3ccccc3c2)C(OCc2ccc3ccccc3c2)C1. The fourth-order valence-corrected chi connectivity index (χ4v) is 4.87. The first-order valence-electron chi connectivity index (χ1n) is 12.6. The molecule has 0 bridgehead atoms. The largest absolute Gasteiger partial charge is 0.528 e. The molecule has 36 heavy (non-hydrogen) atoms. The molecule has 2 atom stereocenters. The van der Waals surface area contributed by atoms with Crippen molar-refractivity contribution in [3.8, 4) is 0 Å². The van der Waals surface area contributed by atoms with Gasteiger partial charge in [-0.05, 0) is 65.9 Å². The number of carbonyl (C=O) groups is 1. The summed E-state index contributed by atoms with van der Waals surface area (Å²) in [7, 11) is 0. The fraction of sp³-hybridized carbons (Fsp3) is 0.323. The van der Waals surface area contributed by atoms with Crippen molar-refractivity contribution in [2.45, 2.75) is 51.4 Å². The van der Waals surface area contributed by atoms with Crippen LogP contribution in [0.3, 0.4) is 0 Å². The number of benzene rings is 4. The lowest BCUT2D eigenvalue weighted by atomic mass is 9.86. The third-order valence-corrected chi connectivity index (χ3v) is 6.59. The molecule has 1 aliphatic heterocycles. The minimum atomic E-state index is -0.681. The maximum Gasteiger partial charge on any atom is 0.528 e. The lowest BCUT2D eigenvalue weighted by Crippen LogP contribution is -2.45. The van der Waals surface area contributed by atoms with E-state index in [2.05, 4.69) is 78.9 Å². The normalized spacial score (nSPS) is 18.9. The summed E-state index contributed by atoms with van der Waals surface area (Å²) in [6, 6.07) is 29.8. The fourth-order valence-electron chi connectivity index (χ4n) is 4.87. The number of hydrogen-bond acceptors (Lipinski definition) is 5. The summed E-state index contributed by atoms with van der Waals surface area (Å²) in [4.78, 5) is 17.9. The highest BCUT2D eigenvalue weighted by atomic mass is 16.8. The second-order valence-corrected chi connectivity index (χ2v) is 10.5. The van der Waals surface area contributed by atoms with Crippen LogP contribution in [-0.2, 0) is 20.9 Å². The smallest absolute Gasteiger partial charge is 0.427 e. The molecular formula is C31H33NO4. The van der Waals surface area contributed by atoms with Crippen molar-refractivity contribution in [3.63, 3.8) is 0 Å². The number of carbonyl (C=O) groups excluding carboxylic acids is 1. The molecule has 5 nitrogen and oxygen atoms in total. The molecule has 186 valence electrons. The van der Waals surface area contributed by atoms with Crippen LogP contribution in [0, 0.1) is 0 Å². The number of fused-ring (bicyclic) bond motifs is 2. The molecule has 0 radical (unpaired) electrons. The van der Waals surface area contributed by atoms with Gasteiger partial charge in [-0.1, -0.05) is 78.9 Å². The van der Waals surface area contributed by atoms with Gasteiger partial charge in [0.2, 0.25) is 0 Å². The third kappa shape index (κ3) is 5.86. The molecule has 0 spiro atoms. The van der Waals surface area contributed by atoms with Crippen LogP contribution in [0.4, 0.5) is 4.79 Å². The first-order chi connectivity index (χ1) is 17.3. The van der Waals surface area contributed by atoms with E-state index < -0.39 is 11.8 Å². The third-order valence-electron chi connectivity index (χ3n) is 6.59. The van der Waals surface area contributed by atoms with E-state index in [9.17, 15) is 4.79 Å². The van der Waals surface area contributed by atoms with E-state index in [1.807, 2.05) is 26.8 Å². The lowest BCUT2D eigenvalue weighted by molar-refractivity contribution is -0.179. The number of ether oxygens (including phenoxy) is 2. The van der Waals surface area contributed by atoms with Crippen LogP contribution < -0.4 is 0 Å². The zero-order valence-corrected chi connectivity index (χ0v) is 21.1. The molecular weight excluding hydrogens is 450 g/mol. The summed E-state index contributed by atoms with van der Waals surface area (Å²) < 4.78 is 11.9. The highest BCUT2D eigenvalue weighted by Crippen LogP contribution is 2.33. The molecule has 4 aromatic carbocycles. The van der Waals surface area contributed by atoms with Gasteiger partial charge in [-0.25, -0.2) is 4.79 Å². The van der Waals surface area contributed by atoms with Gasteiger partial charge in [0.1, 0.15) is 5.60 Å². The van der Waals surface area contributed by atoms with E-state index in [1.54, 1.807) is 5.06 Å². The molecule has 0 aromatic heterocycles. The number of hydrogen-bond donors (Lipinski definition) is 0. The Morgan fingerprint density at radius 2 is 1.50 bits per heavy atom. The van der Waals surface area contributed by atoms with Crippen molar-refractivity contribution in [3.05, 3.63) is 96.1 Å². The van der Waals surface area contributed by atoms with E-state index in [4.69, 9.17) is 14.3 Å². The van der Waals surface area contributed by atoms with Crippen LogP contribution in [0.15, 0.2) is 84.9 Å². The summed E-state index contributed by atoms with van der Waals surface area (Å²) >= 11 is 0. The van der Waals surface area contributed by atoms with Gasteiger partial charge < -0.3 is 14.3 Å². The zero-order valence-electron chi connectivity index (χ0n) is 21.1. The van der Waals surface area contributed by atoms with Gasteiger partial charge in [-0.3, -0.25) is 0 Å². The van der Waals surface area contributed by atoms with Crippen molar-refractivity contribution in [2.24, 2.45) is 0 Å². The van der Waals surface area contributed by atoms with Crippen molar-refractivity contribution < 1.29 is 19.1 Å². The average molecular weight is 484 g/mol. The Kier molecular flexibility index (Phi) is 6.95. The molecule has 2 unspecified atom stereocenters. The number of hydroxylamine groups is 2. The van der Waals surface area contributed by atoms with Crippen LogP contribution in [0.5, 0.6) is 0 Å². The van der Waals surface area contributed by atoms with Crippen molar-refractivity contribution in [1.82, 2.24) is 5.06 Å². The Morgan fingerprint density at radius 1 is 0.861 bits per heavy atom. The topological polar surface area (TPSA) is 48.0 Å². The predicted molar refractivity (Wildman–Crippen MR) is 143 cm³/mol. The molecule has 5 rings (SSSR count). The summed E-state index contributed by atoms with van der Waals surface area (Å²) in [6.45, 7) is 7.07. The first-order valence-corrected chi connectivity index (χ1v) is 12.6. The van der Waals surface area contributed by atoms with Gasteiger partial charge in [-0.15, -0.1) is 5.06 Å². The summed E-state index contributed by atoms with van der Waals surface area (Å²) in [5.41, 5.74) is 1.76. The quantitative estimate of drug-likeness (QED) is 0.280. The van der Waals surface area contributed by atoms with Gasteiger partial charge in [0.25, 0.3) is 0 Å². The predicted octanol–water partition coefficient (Wildman–Crippen LogP) is 7.23. The highest BCUT2D eigenvalue weighted by Gasteiger charge is 2.34. The number of nitrogens with zero attached hydrogens (tertiary/aromatic N) is 1. The monoisotopic (exact) mass is 483 g/mol. The lowest BCUT2D eigenvalue weighted by Gasteiger charge is -2.37. The van der Waals surface area contributed by atoms with E-state index in [0.717, 1.165) is 12.0 Å². The van der Waals surface area contributed by atoms with E-state index >= 15 is 0 Å². The van der Waals surface area contributed by atoms with Crippen molar-refractivity contribution in [1.29, 1.82) is 0 Å². The van der Waals surface area contributed by atoms with Crippen molar-refractivity contribution >= 4 is 27.7 Å². The summed E-state index contributed by atoms with van der Waals surface area (Å²) in [5, 5.41) is 6.53. The van der Waals surface area contributed by atoms with Crippen LogP contribution in [0.1, 0.15) is 44.2 Å². The molecule has 0 amide bonds. The molecule has 0 aliphatic carbocycles. The van der Waals surface area contributed by atoms with Crippen LogP contribution in [0.25, 0.3) is 21.5 Å². The second-order valence-electron chi connectivity index (χ2n) is 10.5. The van der Waals surface area contributed by atoms with Crippen molar-refractivity contribution in [2.75, 3.05) is 13.1 Å². The minimum Gasteiger partial charge on any atom is -0.427 e. The Labute approximate surface area is 212 Å². The second kappa shape index (κ2) is 10.3. The summed E-state index contributed by atoms with van der Waals surface area (Å²) in [6.07, 6.45) is -0.0162. The van der Waals surface area contributed by atoms with E-state index in [-0.39, 0.29) is 12.0 Å². The van der Waals surface area contributed by atoms with E-state index in [1.165, 1.54) is 27.1 Å². The van der Waals surface area contributed by atoms with E-state index in [0.29, 0.717) is 19.7 Å². The van der Waals surface area contributed by atoms with Gasteiger partial charge in [-0.2, -0.15) is 0 Å². The summed E-state index contributed by atoms with van der Waals surface area (Å²) in [5.74, 6) is 0.188. The molecule has 0 saturated carbocycles. The van der Waals surface area contributed by atoms with Gasteiger partial charge in [0, 0.05) is 12.5 Å². The minimum absolute atomic E-state index is 0.145. The molecule has 1 saturated heterocycles. The molecule has 4 aromatic rings. The highest BCUT2D eigenvalue weighted by molar-refractivity contribution is 5.83. The zero-order chi connectivity index (χ0) is 25.1. The number of piperidine rings is 1. The molecule has 1 aliphatic rings. The van der Waals surface area contributed by atoms with Gasteiger partial charge >= 0.3 is 6.16 Å². The molecule has 0 N–H and O–H groups in total. The maximum absolute atomic E-state index is 12.3. The number of rotatable bonds is 5. The Hall–Kier alpha value is -3.41. The molecule has 1 heterocycles. The van der Waals surface area contributed by atoms with Crippen LogP contribution >= 0.6 is 0 Å². The van der Waals surface area contributed by atoms with Gasteiger partial charge in [0.05, 0.1) is 19.3 Å². The molecule has 5 heteroatoms. The maximum atomic E-state index is 12.3. The molecule has 1 fully saturated rings. The average Bonchev–Trinajstić information content (AvgIpc) is 2.86. The van der Waals surface area contributed by atoms with Crippen LogP contribution in [0.2, 0.25) is 0 Å².